The summed E-state index contributed by atoms with van der Waals surface area (Å²) in [6.07, 6.45) is 0. The van der Waals surface area contributed by atoms with Crippen molar-refractivity contribution in [3.8, 4) is 11.3 Å². The van der Waals surface area contributed by atoms with Crippen LogP contribution in [0.3, 0.4) is 0 Å². The fourth-order valence-corrected chi connectivity index (χ4v) is 2.39. The largest absolute Gasteiger partial charge is 0.383 e. The maximum absolute atomic E-state index is 6.10. The molecule has 102 valence electrons. The number of nitrogen functional groups attached to an aromatic ring is 1. The molecule has 0 aliphatic rings. The molecule has 0 unspecified atom stereocenters. The highest BCUT2D eigenvalue weighted by molar-refractivity contribution is 5.94. The first-order valence-corrected chi connectivity index (χ1v) is 6.38. The first kappa shape index (κ1) is 14.4. The fourth-order valence-electron chi connectivity index (χ4n) is 2.39. The number of rotatable bonds is 1. The number of hydrogen-bond donors (Lipinski definition) is 1. The second-order valence-electron chi connectivity index (χ2n) is 4.93. The monoisotopic (exact) mass is 284 g/mol. The summed E-state index contributed by atoms with van der Waals surface area (Å²) in [7, 11) is 0. The zero-order chi connectivity index (χ0) is 13.4. The van der Waals surface area contributed by atoms with E-state index in [2.05, 4.69) is 55.2 Å². The van der Waals surface area contributed by atoms with E-state index >= 15 is 0 Å². The van der Waals surface area contributed by atoms with Gasteiger partial charge in [-0.15, -0.1) is 12.4 Å². The van der Waals surface area contributed by atoms with Crippen molar-refractivity contribution in [1.29, 1.82) is 0 Å². The highest BCUT2D eigenvalue weighted by atomic mass is 35.5. The molecule has 3 heteroatoms. The molecule has 0 fully saturated rings. The van der Waals surface area contributed by atoms with Crippen LogP contribution in [0, 0.1) is 13.8 Å². The first-order chi connectivity index (χ1) is 9.15. The number of fused-ring (bicyclic) bond motifs is 1. The van der Waals surface area contributed by atoms with E-state index in [0.717, 1.165) is 22.0 Å². The second kappa shape index (κ2) is 5.51. The lowest BCUT2D eigenvalue weighted by molar-refractivity contribution is 1.33. The molecule has 0 aliphatic carbocycles. The Labute approximate surface area is 125 Å². The van der Waals surface area contributed by atoms with Gasteiger partial charge in [0.2, 0.25) is 0 Å². The van der Waals surface area contributed by atoms with Crippen LogP contribution in [-0.4, -0.2) is 4.98 Å². The molecule has 1 aromatic heterocycles. The third-order valence-electron chi connectivity index (χ3n) is 3.44. The molecule has 20 heavy (non-hydrogen) atoms. The Kier molecular flexibility index (Phi) is 3.96. The van der Waals surface area contributed by atoms with Gasteiger partial charge in [0.25, 0.3) is 0 Å². The van der Waals surface area contributed by atoms with E-state index in [0.29, 0.717) is 5.82 Å². The van der Waals surface area contributed by atoms with E-state index in [9.17, 15) is 0 Å². The van der Waals surface area contributed by atoms with Gasteiger partial charge in [-0.1, -0.05) is 42.0 Å². The van der Waals surface area contributed by atoms with E-state index in [1.54, 1.807) is 0 Å². The van der Waals surface area contributed by atoms with Crippen molar-refractivity contribution in [3.63, 3.8) is 0 Å². The van der Waals surface area contributed by atoms with Crippen molar-refractivity contribution in [1.82, 2.24) is 4.98 Å². The number of anilines is 1. The fraction of sp³-hybridized carbons (Fsp3) is 0.118. The van der Waals surface area contributed by atoms with Crippen molar-refractivity contribution in [2.45, 2.75) is 13.8 Å². The summed E-state index contributed by atoms with van der Waals surface area (Å²) in [6, 6.07) is 16.6. The molecule has 2 nitrogen and oxygen atoms in total. The number of aromatic nitrogens is 1. The zero-order valence-electron chi connectivity index (χ0n) is 11.6. The first-order valence-electron chi connectivity index (χ1n) is 6.38. The molecule has 3 rings (SSSR count). The number of nitrogens with zero attached hydrogens (tertiary/aromatic N) is 1. The third kappa shape index (κ3) is 2.47. The van der Waals surface area contributed by atoms with Gasteiger partial charge < -0.3 is 5.73 Å². The molecular formula is C17H17ClN2. The van der Waals surface area contributed by atoms with Crippen molar-refractivity contribution in [2.24, 2.45) is 0 Å². The second-order valence-corrected chi connectivity index (χ2v) is 4.93. The summed E-state index contributed by atoms with van der Waals surface area (Å²) in [5, 5.41) is 2.16. The molecule has 0 saturated carbocycles. The summed E-state index contributed by atoms with van der Waals surface area (Å²) in [5.74, 6) is 0.597. The van der Waals surface area contributed by atoms with E-state index in [4.69, 9.17) is 5.73 Å². The topological polar surface area (TPSA) is 38.9 Å². The van der Waals surface area contributed by atoms with Gasteiger partial charge in [0.1, 0.15) is 5.82 Å². The molecule has 0 bridgehead atoms. The summed E-state index contributed by atoms with van der Waals surface area (Å²) in [4.78, 5) is 4.55. The lowest BCUT2D eigenvalue weighted by atomic mass is 10.0. The van der Waals surface area contributed by atoms with Crippen molar-refractivity contribution < 1.29 is 0 Å². The van der Waals surface area contributed by atoms with Gasteiger partial charge >= 0.3 is 0 Å². The van der Waals surface area contributed by atoms with Crippen LogP contribution in [0.1, 0.15) is 11.1 Å². The predicted molar refractivity (Wildman–Crippen MR) is 88.3 cm³/mol. The Morgan fingerprint density at radius 2 is 1.70 bits per heavy atom. The molecule has 0 amide bonds. The van der Waals surface area contributed by atoms with Gasteiger partial charge in [-0.25, -0.2) is 4.98 Å². The van der Waals surface area contributed by atoms with E-state index in [-0.39, 0.29) is 12.4 Å². The van der Waals surface area contributed by atoms with Crippen LogP contribution in [-0.2, 0) is 0 Å². The van der Waals surface area contributed by atoms with Crippen LogP contribution in [0.25, 0.3) is 22.0 Å². The van der Waals surface area contributed by atoms with Crippen LogP contribution in [0.5, 0.6) is 0 Å². The molecule has 2 aromatic carbocycles. The van der Waals surface area contributed by atoms with Gasteiger partial charge in [0.05, 0.1) is 5.69 Å². The van der Waals surface area contributed by atoms with E-state index in [1.165, 1.54) is 11.1 Å². The SMILES string of the molecule is Cc1ccc2cc(-c3ccccc3C)nc(N)c2c1.Cl. The number of pyridine rings is 1. The summed E-state index contributed by atoms with van der Waals surface area (Å²) in [6.45, 7) is 4.15. The average molecular weight is 285 g/mol. The maximum atomic E-state index is 6.10. The molecule has 3 aromatic rings. The average Bonchev–Trinajstić information content (AvgIpc) is 2.40. The van der Waals surface area contributed by atoms with Crippen molar-refractivity contribution in [3.05, 3.63) is 59.7 Å². The van der Waals surface area contributed by atoms with Gasteiger partial charge in [-0.3, -0.25) is 0 Å². The van der Waals surface area contributed by atoms with Crippen molar-refractivity contribution in [2.75, 3.05) is 5.73 Å². The van der Waals surface area contributed by atoms with Gasteiger partial charge in [-0.2, -0.15) is 0 Å². The van der Waals surface area contributed by atoms with Gasteiger partial charge in [0, 0.05) is 10.9 Å². The molecule has 0 aliphatic heterocycles. The Hall–Kier alpha value is -2.06. The summed E-state index contributed by atoms with van der Waals surface area (Å²) in [5.41, 5.74) is 10.6. The van der Waals surface area contributed by atoms with Crippen LogP contribution in [0.2, 0.25) is 0 Å². The minimum absolute atomic E-state index is 0. The number of halogens is 1. The van der Waals surface area contributed by atoms with Crippen molar-refractivity contribution >= 4 is 29.0 Å². The highest BCUT2D eigenvalue weighted by Gasteiger charge is 2.07. The molecule has 2 N–H and O–H groups in total. The molecule has 1 heterocycles. The third-order valence-corrected chi connectivity index (χ3v) is 3.44. The van der Waals surface area contributed by atoms with Gasteiger partial charge in [-0.05, 0) is 36.9 Å². The van der Waals surface area contributed by atoms with Gasteiger partial charge in [0.15, 0.2) is 0 Å². The Balaban J connectivity index is 0.00000147. The van der Waals surface area contributed by atoms with E-state index in [1.807, 2.05) is 12.1 Å². The quantitative estimate of drug-likeness (QED) is 0.713. The highest BCUT2D eigenvalue weighted by Crippen LogP contribution is 2.28. The van der Waals surface area contributed by atoms with Crippen LogP contribution in [0.4, 0.5) is 5.82 Å². The lowest BCUT2D eigenvalue weighted by Crippen LogP contribution is -1.95. The standard InChI is InChI=1S/C17H16N2.ClH/c1-11-7-8-13-10-16(19-17(18)15(13)9-11)14-6-4-3-5-12(14)2;/h3-10H,1-2H3,(H2,18,19);1H. The molecular weight excluding hydrogens is 268 g/mol. The minimum Gasteiger partial charge on any atom is -0.383 e. The number of benzene rings is 2. The summed E-state index contributed by atoms with van der Waals surface area (Å²) < 4.78 is 0. The molecule has 0 saturated heterocycles. The van der Waals surface area contributed by atoms with Crippen LogP contribution >= 0.6 is 12.4 Å². The minimum atomic E-state index is 0. The Morgan fingerprint density at radius 3 is 2.45 bits per heavy atom. The zero-order valence-corrected chi connectivity index (χ0v) is 12.4. The number of aryl methyl sites for hydroxylation is 2. The number of nitrogens with two attached hydrogens (primary N) is 1. The lowest BCUT2D eigenvalue weighted by Gasteiger charge is -2.09. The molecule has 0 spiro atoms. The normalized spacial score (nSPS) is 10.3. The van der Waals surface area contributed by atoms with Crippen LogP contribution < -0.4 is 5.73 Å². The summed E-state index contributed by atoms with van der Waals surface area (Å²) >= 11 is 0. The molecule has 0 radical (unpaired) electrons. The number of hydrogen-bond acceptors (Lipinski definition) is 2. The maximum Gasteiger partial charge on any atom is 0.131 e. The Morgan fingerprint density at radius 1 is 0.950 bits per heavy atom. The van der Waals surface area contributed by atoms with E-state index < -0.39 is 0 Å². The predicted octanol–water partition coefficient (Wildman–Crippen LogP) is 4.52. The Bertz CT molecular complexity index is 766. The van der Waals surface area contributed by atoms with Crippen LogP contribution in [0.15, 0.2) is 48.5 Å². The molecule has 0 atom stereocenters. The smallest absolute Gasteiger partial charge is 0.131 e.